The van der Waals surface area contributed by atoms with Crippen LogP contribution in [0, 0.1) is 7.43 Å². The van der Waals surface area contributed by atoms with E-state index in [1.54, 1.807) is 0 Å². The Labute approximate surface area is 204 Å². The predicted octanol–water partition coefficient (Wildman–Crippen LogP) is 3.66. The minimum Gasteiger partial charge on any atom is -0.699 e. The molecule has 1 saturated heterocycles. The second-order valence-corrected chi connectivity index (χ2v) is 7.33. The maximum atomic E-state index is 7.70. The largest absolute Gasteiger partial charge is 2.00 e. The van der Waals surface area contributed by atoms with Gasteiger partial charge in [0.05, 0.1) is 0 Å². The second kappa shape index (κ2) is 13.9. The molecule has 1 atom stereocenters. The van der Waals surface area contributed by atoms with Crippen molar-refractivity contribution in [2.75, 3.05) is 52.9 Å². The van der Waals surface area contributed by atoms with Crippen molar-refractivity contribution in [3.05, 3.63) is 67.8 Å². The molecule has 0 aromatic heterocycles. The van der Waals surface area contributed by atoms with Gasteiger partial charge in [0.15, 0.2) is 0 Å². The van der Waals surface area contributed by atoms with E-state index in [9.17, 15) is 0 Å². The van der Waals surface area contributed by atoms with Crippen molar-refractivity contribution in [1.29, 1.82) is 0 Å². The average Bonchev–Trinajstić information content (AvgIpc) is 2.63. The van der Waals surface area contributed by atoms with E-state index in [2.05, 4.69) is 54.0 Å². The summed E-state index contributed by atoms with van der Waals surface area (Å²) in [5.74, 6) is 0. The summed E-state index contributed by atoms with van der Waals surface area (Å²) in [5.41, 5.74) is 10.8. The van der Waals surface area contributed by atoms with Crippen LogP contribution < -0.4 is 0 Å². The minimum atomic E-state index is 0. The Balaban J connectivity index is 0.00000338. The van der Waals surface area contributed by atoms with Crippen LogP contribution in [0.5, 0.6) is 0 Å². The molecule has 0 aliphatic carbocycles. The van der Waals surface area contributed by atoms with Crippen LogP contribution in [0.3, 0.4) is 0 Å². The molecule has 1 unspecified atom stereocenters. The summed E-state index contributed by atoms with van der Waals surface area (Å²) in [5, 5.41) is 0. The van der Waals surface area contributed by atoms with Gasteiger partial charge in [-0.2, -0.15) is 0 Å². The van der Waals surface area contributed by atoms with Crippen LogP contribution >= 0.6 is 0 Å². The molecule has 0 bridgehead atoms. The zero-order valence-corrected chi connectivity index (χ0v) is 21.1. The van der Waals surface area contributed by atoms with E-state index in [-0.39, 0.29) is 52.9 Å². The van der Waals surface area contributed by atoms with Crippen LogP contribution in [0.1, 0.15) is 12.5 Å². The number of nitrogens with one attached hydrogen (secondary N) is 1. The first-order valence-electron chi connectivity index (χ1n) is 9.18. The SMILES string of the molecule is C=CCN1CCN(C)CCN(CC(=C)C)C(Cc2ccc([NH-])cc2)C1.[CH3-].[Sr+2]. The zero-order valence-electron chi connectivity index (χ0n) is 17.6. The molecule has 2 rings (SSSR count). The number of nitrogens with zero attached hydrogens (tertiary/aromatic N) is 3. The quantitative estimate of drug-likeness (QED) is 0.382. The molecule has 5 heteroatoms. The van der Waals surface area contributed by atoms with Gasteiger partial charge >= 0.3 is 45.5 Å². The first-order chi connectivity index (χ1) is 12.0. The van der Waals surface area contributed by atoms with E-state index in [1.165, 1.54) is 11.1 Å². The number of hydrogen-bond acceptors (Lipinski definition) is 3. The molecule has 1 fully saturated rings. The van der Waals surface area contributed by atoms with E-state index in [0.717, 1.165) is 52.2 Å². The first kappa shape index (κ1) is 26.9. The van der Waals surface area contributed by atoms with Gasteiger partial charge < -0.3 is 18.1 Å². The second-order valence-electron chi connectivity index (χ2n) is 7.33. The molecule has 1 aromatic rings. The molecule has 27 heavy (non-hydrogen) atoms. The third-order valence-corrected chi connectivity index (χ3v) is 4.84. The van der Waals surface area contributed by atoms with Crippen molar-refractivity contribution in [1.82, 2.24) is 14.7 Å². The van der Waals surface area contributed by atoms with Gasteiger partial charge in [-0.3, -0.25) is 9.80 Å². The molecule has 146 valence electrons. The summed E-state index contributed by atoms with van der Waals surface area (Å²) in [4.78, 5) is 7.50. The van der Waals surface area contributed by atoms with Gasteiger partial charge in [0.2, 0.25) is 0 Å². The Morgan fingerprint density at radius 2 is 1.81 bits per heavy atom. The zero-order chi connectivity index (χ0) is 18.2. The standard InChI is InChI=1S/C21H33N4.CH3.Sr/c1-5-10-24-13-11-23(4)12-14-25(16-18(2)3)21(17-24)15-19-6-8-20(22)9-7-19;;/h5-9,21-22H,1-2,10-17H2,3-4H3;1H3;/q2*-1;+2. The average molecular weight is 444 g/mol. The Morgan fingerprint density at radius 3 is 2.41 bits per heavy atom. The van der Waals surface area contributed by atoms with Gasteiger partial charge in [-0.25, -0.2) is 0 Å². The third-order valence-electron chi connectivity index (χ3n) is 4.84. The minimum absolute atomic E-state index is 0. The Hall–Kier alpha value is -0.139. The summed E-state index contributed by atoms with van der Waals surface area (Å²) in [6.07, 6.45) is 3.01. The van der Waals surface area contributed by atoms with E-state index < -0.39 is 0 Å². The van der Waals surface area contributed by atoms with E-state index in [1.807, 2.05) is 18.2 Å². The normalized spacial score (nSPS) is 19.7. The number of benzene rings is 1. The fourth-order valence-electron chi connectivity index (χ4n) is 3.42. The molecule has 0 radical (unpaired) electrons. The van der Waals surface area contributed by atoms with Gasteiger partial charge in [-0.1, -0.05) is 42.5 Å². The molecular weight excluding hydrogens is 408 g/mol. The molecule has 1 N–H and O–H groups in total. The topological polar surface area (TPSA) is 33.5 Å². The van der Waals surface area contributed by atoms with Crippen LogP contribution in [0.15, 0.2) is 49.1 Å². The molecule has 4 nitrogen and oxygen atoms in total. The molecule has 1 heterocycles. The molecule has 0 amide bonds. The fourth-order valence-corrected chi connectivity index (χ4v) is 3.42. The maximum Gasteiger partial charge on any atom is 2.00 e. The first-order valence-corrected chi connectivity index (χ1v) is 9.18. The van der Waals surface area contributed by atoms with Crippen molar-refractivity contribution in [3.8, 4) is 0 Å². The maximum absolute atomic E-state index is 7.70. The van der Waals surface area contributed by atoms with Crippen molar-refractivity contribution >= 4 is 51.2 Å². The summed E-state index contributed by atoms with van der Waals surface area (Å²) in [6, 6.07) is 8.42. The monoisotopic (exact) mass is 444 g/mol. The summed E-state index contributed by atoms with van der Waals surface area (Å²) in [6.45, 7) is 17.4. The van der Waals surface area contributed by atoms with Crippen molar-refractivity contribution < 1.29 is 0 Å². The molecular formula is C22H36N4Sr. The van der Waals surface area contributed by atoms with E-state index in [0.29, 0.717) is 11.7 Å². The number of likely N-dealkylation sites (N-methyl/N-ethyl adjacent to an activating group) is 1. The Bertz CT molecular complexity index is 558. The molecule has 1 aliphatic rings. The fraction of sp³-hybridized carbons (Fsp3) is 0.500. The summed E-state index contributed by atoms with van der Waals surface area (Å²) < 4.78 is 0. The van der Waals surface area contributed by atoms with Crippen molar-refractivity contribution in [3.63, 3.8) is 0 Å². The molecule has 0 spiro atoms. The number of hydrogen-bond donors (Lipinski definition) is 0. The van der Waals surface area contributed by atoms with Crippen LogP contribution in [0.25, 0.3) is 5.73 Å². The van der Waals surface area contributed by atoms with Crippen LogP contribution in [-0.2, 0) is 6.42 Å². The van der Waals surface area contributed by atoms with E-state index in [4.69, 9.17) is 5.73 Å². The molecule has 1 aliphatic heterocycles. The smallest absolute Gasteiger partial charge is 0.699 e. The van der Waals surface area contributed by atoms with Gasteiger partial charge in [0, 0.05) is 51.9 Å². The van der Waals surface area contributed by atoms with Crippen molar-refractivity contribution in [2.24, 2.45) is 0 Å². The Kier molecular flexibility index (Phi) is 13.9. The van der Waals surface area contributed by atoms with Gasteiger partial charge in [0.1, 0.15) is 0 Å². The van der Waals surface area contributed by atoms with E-state index >= 15 is 0 Å². The Morgan fingerprint density at radius 1 is 1.19 bits per heavy atom. The summed E-state index contributed by atoms with van der Waals surface area (Å²) >= 11 is 0. The van der Waals surface area contributed by atoms with Crippen molar-refractivity contribution in [2.45, 2.75) is 19.4 Å². The number of rotatable bonds is 6. The van der Waals surface area contributed by atoms with Crippen LogP contribution in [0.4, 0.5) is 5.69 Å². The predicted molar refractivity (Wildman–Crippen MR) is 121 cm³/mol. The van der Waals surface area contributed by atoms with Gasteiger partial charge in [-0.15, -0.1) is 12.3 Å². The molecule has 0 saturated carbocycles. The summed E-state index contributed by atoms with van der Waals surface area (Å²) in [7, 11) is 2.21. The molecule has 1 aromatic carbocycles. The third kappa shape index (κ3) is 9.75. The van der Waals surface area contributed by atoms with Crippen LogP contribution in [-0.4, -0.2) is 119 Å². The van der Waals surface area contributed by atoms with Gasteiger partial charge in [-0.05, 0) is 26.0 Å². The van der Waals surface area contributed by atoms with Gasteiger partial charge in [0.25, 0.3) is 0 Å². The van der Waals surface area contributed by atoms with Crippen LogP contribution in [0.2, 0.25) is 0 Å².